The second-order valence-electron chi connectivity index (χ2n) is 35.5. The molecule has 2 aliphatic carbocycles. The van der Waals surface area contributed by atoms with E-state index in [0.29, 0.717) is 0 Å². The number of phenolic OH excluding ortho intramolecular Hbond substituents is 2. The summed E-state index contributed by atoms with van der Waals surface area (Å²) in [7, 11) is 0. The number of nitrogens with zero attached hydrogens (tertiary/aromatic N) is 2. The number of hydrogen-bond acceptors (Lipinski definition) is 4. The van der Waals surface area contributed by atoms with Crippen LogP contribution in [0, 0.1) is 0 Å². The van der Waals surface area contributed by atoms with Crippen LogP contribution in [0.1, 0.15) is 44.5 Å². The zero-order chi connectivity index (χ0) is 92.3. The Morgan fingerprint density at radius 3 is 0.739 bits per heavy atom. The van der Waals surface area contributed by atoms with Gasteiger partial charge in [0, 0.05) is 44.9 Å². The molecule has 4 heteroatoms. The van der Waals surface area contributed by atoms with Gasteiger partial charge < -0.3 is 20.0 Å². The highest BCUT2D eigenvalue weighted by molar-refractivity contribution is 6.02. The minimum atomic E-state index is -0.507. The molecule has 24 rings (SSSR count). The van der Waals surface area contributed by atoms with E-state index in [1.165, 1.54) is 100 Å². The van der Waals surface area contributed by atoms with Crippen molar-refractivity contribution in [1.29, 1.82) is 0 Å². The fourth-order valence-corrected chi connectivity index (χ4v) is 21.6. The van der Waals surface area contributed by atoms with Crippen molar-refractivity contribution in [1.82, 2.24) is 0 Å². The van der Waals surface area contributed by atoms with Gasteiger partial charge in [0.1, 0.15) is 11.5 Å². The molecule has 0 heterocycles. The fourth-order valence-electron chi connectivity index (χ4n) is 21.6. The number of anilines is 6. The van der Waals surface area contributed by atoms with Gasteiger partial charge >= 0.3 is 0 Å². The highest BCUT2D eigenvalue weighted by atomic mass is 16.3. The van der Waals surface area contributed by atoms with Gasteiger partial charge in [-0.05, 0) is 229 Å². The first-order valence-electron chi connectivity index (χ1n) is 47.3. The first-order valence-corrected chi connectivity index (χ1v) is 47.3. The van der Waals surface area contributed by atoms with Gasteiger partial charge in [-0.1, -0.05) is 479 Å². The summed E-state index contributed by atoms with van der Waals surface area (Å²) >= 11 is 0. The molecule has 0 bridgehead atoms. The molecule has 0 aromatic heterocycles. The topological polar surface area (TPSA) is 46.9 Å². The SMILES string of the molecule is Oc1ccccc1-c1cccc(-c2ccccc2N(c2cccc(-c3ccc(-c4ccccc4)cc3)c2)c2cccc(-c3cccc4c3-c3ccccc3C4(c3ccccc3)c3ccccc3)c2)c1.Oc1ccccc1-c1cccc(-c2ccccc2N(c2cccc(-c3cccc4c3-c3ccccc3C4(c3ccccc3)c3ccccc3)c2)c2ccccc2-c2ccc(-c3ccccc3)cc2)c1. The van der Waals surface area contributed by atoms with Crippen molar-refractivity contribution >= 4 is 34.1 Å². The van der Waals surface area contributed by atoms with Gasteiger partial charge in [-0.2, -0.15) is 0 Å². The van der Waals surface area contributed by atoms with Crippen LogP contribution in [0.2, 0.25) is 0 Å². The van der Waals surface area contributed by atoms with E-state index >= 15 is 0 Å². The molecule has 0 fully saturated rings. The number of rotatable bonds is 20. The number of fused-ring (bicyclic) bond motifs is 6. The maximum Gasteiger partial charge on any atom is 0.123 e. The number of hydrogen-bond donors (Lipinski definition) is 2. The van der Waals surface area contributed by atoms with Crippen molar-refractivity contribution in [2.24, 2.45) is 0 Å². The van der Waals surface area contributed by atoms with Crippen molar-refractivity contribution in [2.45, 2.75) is 10.8 Å². The van der Waals surface area contributed by atoms with Crippen molar-refractivity contribution in [2.75, 3.05) is 9.80 Å². The maximum atomic E-state index is 11.0. The standard InChI is InChI=1S/2C67H47NO/c69-65-40-17-13-33-58(65)51-24-18-23-50(45-51)57-32-12-16-39-64(57)68(63-38-15-11-31-56(63)49-43-41-48(42-44-49)47-21-4-1-5-22-47)55-30-19-25-52(46-55)59-35-20-37-62-66(59)60-34-10-14-36-61(60)67(62,53-26-6-2-7-27-53)54-28-8-3-9-29-54;69-65-39-15-12-33-59(65)52-24-16-23-51(44-52)58-32-11-14-38-64(58)68(56-30-17-22-50(45-56)49-42-40-48(41-43-49)47-20-4-1-5-21-47)57-31-18-25-53(46-57)60-35-19-37-63-66(60)61-34-10-13-36-62(61)67(63,54-26-6-2-7-27-54)55-28-8-3-9-29-55/h2*1-46,69H. The van der Waals surface area contributed by atoms with E-state index in [4.69, 9.17) is 0 Å². The molecule has 138 heavy (non-hydrogen) atoms. The molecule has 2 N–H and O–H groups in total. The largest absolute Gasteiger partial charge is 0.507 e. The summed E-state index contributed by atoms with van der Waals surface area (Å²) in [5, 5.41) is 21.9. The third-order valence-electron chi connectivity index (χ3n) is 27.7. The maximum absolute atomic E-state index is 11.0. The Balaban J connectivity index is 0.000000155. The number of phenols is 2. The Bertz CT molecular complexity index is 8120. The minimum Gasteiger partial charge on any atom is -0.507 e. The second kappa shape index (κ2) is 36.9. The average Bonchev–Trinajstić information content (AvgIpc) is 1.54. The molecule has 0 saturated carbocycles. The lowest BCUT2D eigenvalue weighted by Gasteiger charge is -2.34. The van der Waals surface area contributed by atoms with E-state index in [1.54, 1.807) is 12.1 Å². The summed E-state index contributed by atoms with van der Waals surface area (Å²) in [6.07, 6.45) is 0. The average molecular weight is 1760 g/mol. The van der Waals surface area contributed by atoms with Gasteiger partial charge in [0.15, 0.2) is 0 Å². The number of aromatic hydroxyl groups is 2. The number of para-hydroxylation sites is 5. The van der Waals surface area contributed by atoms with Gasteiger partial charge in [-0.15, -0.1) is 0 Å². The third kappa shape index (κ3) is 15.3. The Morgan fingerprint density at radius 2 is 0.362 bits per heavy atom. The van der Waals surface area contributed by atoms with Crippen LogP contribution in [0.15, 0.2) is 558 Å². The van der Waals surface area contributed by atoms with Gasteiger partial charge in [-0.25, -0.2) is 0 Å². The highest BCUT2D eigenvalue weighted by Crippen LogP contribution is 2.62. The summed E-state index contributed by atoms with van der Waals surface area (Å²) in [5.74, 6) is 0.517. The predicted octanol–water partition coefficient (Wildman–Crippen LogP) is 35.1. The van der Waals surface area contributed by atoms with E-state index in [9.17, 15) is 10.2 Å². The molecule has 0 radical (unpaired) electrons. The summed E-state index contributed by atoms with van der Waals surface area (Å²) < 4.78 is 0. The molecule has 0 spiro atoms. The zero-order valence-corrected chi connectivity index (χ0v) is 75.9. The molecule has 0 atom stereocenters. The van der Waals surface area contributed by atoms with E-state index < -0.39 is 10.8 Å². The van der Waals surface area contributed by atoms with E-state index in [2.05, 4.69) is 519 Å². The van der Waals surface area contributed by atoms with Crippen LogP contribution in [0.5, 0.6) is 11.5 Å². The van der Waals surface area contributed by atoms with Crippen LogP contribution in [0.3, 0.4) is 0 Å². The lowest BCUT2D eigenvalue weighted by Crippen LogP contribution is -2.28. The Hall–Kier alpha value is -18.0. The van der Waals surface area contributed by atoms with Crippen LogP contribution >= 0.6 is 0 Å². The first-order chi connectivity index (χ1) is 68.3. The third-order valence-corrected chi connectivity index (χ3v) is 27.7. The van der Waals surface area contributed by atoms with Crippen LogP contribution in [0.4, 0.5) is 34.1 Å². The Morgan fingerprint density at radius 1 is 0.138 bits per heavy atom. The summed E-state index contributed by atoms with van der Waals surface area (Å²) in [4.78, 5) is 4.84. The predicted molar refractivity (Wildman–Crippen MR) is 575 cm³/mol. The molecular formula is C134H94N2O2. The van der Waals surface area contributed by atoms with Crippen LogP contribution < -0.4 is 9.80 Å². The van der Waals surface area contributed by atoms with E-state index in [-0.39, 0.29) is 11.5 Å². The summed E-state index contributed by atoms with van der Waals surface area (Å²) in [6.45, 7) is 0. The zero-order valence-electron chi connectivity index (χ0n) is 75.9. The monoisotopic (exact) mass is 1760 g/mol. The van der Waals surface area contributed by atoms with E-state index in [0.717, 1.165) is 112 Å². The number of benzene rings is 22. The summed E-state index contributed by atoms with van der Waals surface area (Å²) in [6, 6.07) is 200. The van der Waals surface area contributed by atoms with Crippen LogP contribution in [0.25, 0.3) is 134 Å². The molecule has 22 aromatic carbocycles. The van der Waals surface area contributed by atoms with Crippen molar-refractivity contribution in [3.05, 3.63) is 603 Å². The fraction of sp³-hybridized carbons (Fsp3) is 0.0149. The lowest BCUT2D eigenvalue weighted by molar-refractivity contribution is 0.477. The van der Waals surface area contributed by atoms with Gasteiger partial charge in [0.2, 0.25) is 0 Å². The van der Waals surface area contributed by atoms with E-state index in [1.807, 2.05) is 36.4 Å². The smallest absolute Gasteiger partial charge is 0.123 e. The van der Waals surface area contributed by atoms with Crippen LogP contribution in [-0.2, 0) is 10.8 Å². The van der Waals surface area contributed by atoms with Gasteiger partial charge in [0.25, 0.3) is 0 Å². The molecule has 652 valence electrons. The molecule has 22 aromatic rings. The lowest BCUT2D eigenvalue weighted by atomic mass is 9.67. The molecule has 0 aliphatic heterocycles. The molecule has 0 amide bonds. The highest BCUT2D eigenvalue weighted by Gasteiger charge is 2.49. The minimum absolute atomic E-state index is 0.258. The molecular weight excluding hydrogens is 1670 g/mol. The molecule has 0 unspecified atom stereocenters. The Labute approximate surface area is 806 Å². The van der Waals surface area contributed by atoms with Crippen molar-refractivity contribution < 1.29 is 10.2 Å². The van der Waals surface area contributed by atoms with Crippen molar-refractivity contribution in [3.8, 4) is 145 Å². The van der Waals surface area contributed by atoms with Crippen molar-refractivity contribution in [3.63, 3.8) is 0 Å². The quantitative estimate of drug-likeness (QED) is 0.0798. The molecule has 2 aliphatic rings. The normalized spacial score (nSPS) is 12.2. The molecule has 0 saturated heterocycles. The summed E-state index contributed by atoms with van der Waals surface area (Å²) in [5.41, 5.74) is 42.0. The molecule has 4 nitrogen and oxygen atoms in total. The van der Waals surface area contributed by atoms with Gasteiger partial charge in [0.05, 0.1) is 27.9 Å². The first kappa shape index (κ1) is 84.3. The van der Waals surface area contributed by atoms with Gasteiger partial charge in [-0.3, -0.25) is 0 Å². The van der Waals surface area contributed by atoms with Crippen LogP contribution in [-0.4, -0.2) is 10.2 Å². The Kier molecular flexibility index (Phi) is 22.5. The second-order valence-corrected chi connectivity index (χ2v) is 35.5.